The van der Waals surface area contributed by atoms with Crippen LogP contribution in [0.25, 0.3) is 5.78 Å². The van der Waals surface area contributed by atoms with Crippen molar-refractivity contribution in [1.29, 1.82) is 0 Å². The Morgan fingerprint density at radius 3 is 3.09 bits per heavy atom. The second-order valence-electron chi connectivity index (χ2n) is 5.19. The van der Waals surface area contributed by atoms with Crippen LogP contribution in [-0.4, -0.2) is 61.4 Å². The summed E-state index contributed by atoms with van der Waals surface area (Å²) in [6, 6.07) is 0.786. The quantitative estimate of drug-likeness (QED) is 0.559. The zero-order valence-corrected chi connectivity index (χ0v) is 11.9. The number of aliphatic hydroxyl groups excluding tert-OH is 1. The summed E-state index contributed by atoms with van der Waals surface area (Å²) in [5.74, 6) is -0.168. The number of hydrogen-bond acceptors (Lipinski definition) is 8. The number of rotatable bonds is 3. The van der Waals surface area contributed by atoms with Gasteiger partial charge in [-0.05, 0) is 0 Å². The highest BCUT2D eigenvalue weighted by molar-refractivity contribution is 5.76. The first-order valence-electron chi connectivity index (χ1n) is 6.72. The minimum absolute atomic E-state index is 0.0887. The largest absolute Gasteiger partial charge is 0.468 e. The number of aromatic amines is 1. The molecule has 10 heteroatoms. The van der Waals surface area contributed by atoms with Crippen molar-refractivity contribution in [3.63, 3.8) is 0 Å². The fraction of sp³-hybridized carbons (Fsp3) is 0.500. The van der Waals surface area contributed by atoms with Gasteiger partial charge in [0, 0.05) is 25.6 Å². The Labute approximate surface area is 124 Å². The van der Waals surface area contributed by atoms with Crippen LogP contribution in [0.15, 0.2) is 10.9 Å². The topological polar surface area (TPSA) is 139 Å². The number of nitrogens with two attached hydrogens (primary N) is 1. The number of esters is 1. The Bertz CT molecular complexity index is 769. The third kappa shape index (κ3) is 2.53. The van der Waals surface area contributed by atoms with E-state index in [4.69, 9.17) is 10.5 Å². The van der Waals surface area contributed by atoms with Crippen LogP contribution in [0.3, 0.4) is 0 Å². The molecule has 2 aromatic rings. The number of ether oxygens (including phenoxy) is 1. The van der Waals surface area contributed by atoms with Gasteiger partial charge in [-0.15, -0.1) is 0 Å². The highest BCUT2D eigenvalue weighted by atomic mass is 16.5. The summed E-state index contributed by atoms with van der Waals surface area (Å²) in [6.45, 7) is 0.541. The van der Waals surface area contributed by atoms with Gasteiger partial charge < -0.3 is 15.6 Å². The molecule has 1 saturated heterocycles. The number of fused-ring (bicyclic) bond motifs is 1. The number of nitrogens with zero attached hydrogens (tertiary/aromatic N) is 4. The van der Waals surface area contributed by atoms with Gasteiger partial charge in [-0.25, -0.2) is 4.98 Å². The Morgan fingerprint density at radius 1 is 1.59 bits per heavy atom. The van der Waals surface area contributed by atoms with Gasteiger partial charge >= 0.3 is 5.97 Å². The van der Waals surface area contributed by atoms with Gasteiger partial charge in [0.15, 0.2) is 0 Å². The molecule has 0 spiro atoms. The highest BCUT2D eigenvalue weighted by Gasteiger charge is 2.36. The maximum atomic E-state index is 12.0. The third-order valence-electron chi connectivity index (χ3n) is 3.62. The van der Waals surface area contributed by atoms with E-state index in [2.05, 4.69) is 15.1 Å². The maximum Gasteiger partial charge on any atom is 0.323 e. The molecule has 2 atom stereocenters. The Balaban J connectivity index is 1.88. The van der Waals surface area contributed by atoms with Crippen molar-refractivity contribution in [2.75, 3.05) is 19.4 Å². The summed E-state index contributed by atoms with van der Waals surface area (Å²) >= 11 is 0. The first-order valence-corrected chi connectivity index (χ1v) is 6.72. The number of aromatic nitrogens is 4. The second kappa shape index (κ2) is 5.39. The molecule has 2 unspecified atom stereocenters. The minimum atomic E-state index is -0.616. The average molecular weight is 308 g/mol. The van der Waals surface area contributed by atoms with E-state index in [1.54, 1.807) is 4.90 Å². The predicted molar refractivity (Wildman–Crippen MR) is 74.9 cm³/mol. The van der Waals surface area contributed by atoms with E-state index >= 15 is 0 Å². The molecule has 0 aromatic carbocycles. The molecule has 0 saturated carbocycles. The summed E-state index contributed by atoms with van der Waals surface area (Å²) in [5, 5.41) is 12.3. The monoisotopic (exact) mass is 308 g/mol. The van der Waals surface area contributed by atoms with Crippen LogP contribution in [-0.2, 0) is 16.1 Å². The number of aliphatic hydroxyl groups is 1. The van der Waals surface area contributed by atoms with Gasteiger partial charge in [0.05, 0.1) is 18.9 Å². The molecule has 0 aliphatic carbocycles. The molecule has 1 fully saturated rings. The number of methoxy groups -OCH3 is 1. The number of nitrogen functional groups attached to an aromatic ring is 1. The molecule has 2 aromatic heterocycles. The third-order valence-corrected chi connectivity index (χ3v) is 3.62. The second-order valence-corrected chi connectivity index (χ2v) is 5.19. The smallest absolute Gasteiger partial charge is 0.323 e. The summed E-state index contributed by atoms with van der Waals surface area (Å²) in [5.41, 5.74) is 5.60. The van der Waals surface area contributed by atoms with E-state index in [0.29, 0.717) is 18.7 Å². The number of likely N-dealkylation sites (tertiary alicyclic amines) is 1. The molecule has 118 valence electrons. The lowest BCUT2D eigenvalue weighted by atomic mass is 10.2. The predicted octanol–water partition coefficient (Wildman–Crippen LogP) is -1.89. The summed E-state index contributed by atoms with van der Waals surface area (Å²) < 4.78 is 5.87. The number of H-pyrrole nitrogens is 1. The van der Waals surface area contributed by atoms with Crippen LogP contribution >= 0.6 is 0 Å². The molecule has 0 bridgehead atoms. The van der Waals surface area contributed by atoms with E-state index in [9.17, 15) is 14.7 Å². The lowest BCUT2D eigenvalue weighted by Gasteiger charge is -2.21. The highest BCUT2D eigenvalue weighted by Crippen LogP contribution is 2.20. The van der Waals surface area contributed by atoms with Gasteiger partial charge in [-0.1, -0.05) is 0 Å². The first kappa shape index (κ1) is 14.5. The average Bonchev–Trinajstić information content (AvgIpc) is 3.01. The number of β-amino-alcohol motifs (C(OH)–C–C–N with tert-alkyl or cyclic N) is 1. The Hall–Kier alpha value is -2.46. The Morgan fingerprint density at radius 2 is 2.36 bits per heavy atom. The fourth-order valence-electron chi connectivity index (χ4n) is 2.67. The molecule has 10 nitrogen and oxygen atoms in total. The van der Waals surface area contributed by atoms with Crippen molar-refractivity contribution in [2.24, 2.45) is 0 Å². The molecule has 22 heavy (non-hydrogen) atoms. The van der Waals surface area contributed by atoms with Crippen LogP contribution in [0.5, 0.6) is 0 Å². The number of hydrogen-bond donors (Lipinski definition) is 3. The number of anilines is 1. The molecular weight excluding hydrogens is 292 g/mol. The van der Waals surface area contributed by atoms with E-state index in [1.807, 2.05) is 0 Å². The number of carbonyl (C=O) groups excluding carboxylic acids is 1. The SMILES string of the molecule is COC(=O)C1CC(O)CN1Cc1cc(=O)n2[nH]c(N)nc2n1. The van der Waals surface area contributed by atoms with Crippen LogP contribution in [0.1, 0.15) is 12.1 Å². The zero-order valence-electron chi connectivity index (χ0n) is 11.9. The molecule has 1 aliphatic rings. The zero-order chi connectivity index (χ0) is 15.9. The van der Waals surface area contributed by atoms with Gasteiger partial charge in [-0.3, -0.25) is 19.6 Å². The summed E-state index contributed by atoms with van der Waals surface area (Å²) in [6.07, 6.45) is -0.321. The molecular formula is C12H16N6O4. The normalized spacial score (nSPS) is 22.3. The molecule has 0 radical (unpaired) electrons. The lowest BCUT2D eigenvalue weighted by Crippen LogP contribution is -2.37. The van der Waals surface area contributed by atoms with Crippen LogP contribution in [0.2, 0.25) is 0 Å². The summed E-state index contributed by atoms with van der Waals surface area (Å²) in [7, 11) is 1.30. The van der Waals surface area contributed by atoms with Gasteiger partial charge in [0.2, 0.25) is 5.95 Å². The van der Waals surface area contributed by atoms with E-state index in [0.717, 1.165) is 4.52 Å². The lowest BCUT2D eigenvalue weighted by molar-refractivity contribution is -0.146. The van der Waals surface area contributed by atoms with Gasteiger partial charge in [0.1, 0.15) is 6.04 Å². The van der Waals surface area contributed by atoms with Crippen molar-refractivity contribution in [2.45, 2.75) is 25.1 Å². The number of nitrogens with one attached hydrogen (secondary N) is 1. The molecule has 4 N–H and O–H groups in total. The molecule has 3 rings (SSSR count). The molecule has 3 heterocycles. The van der Waals surface area contributed by atoms with Crippen molar-refractivity contribution in [3.8, 4) is 0 Å². The fourth-order valence-corrected chi connectivity index (χ4v) is 2.67. The van der Waals surface area contributed by atoms with Crippen molar-refractivity contribution < 1.29 is 14.6 Å². The maximum absolute atomic E-state index is 12.0. The minimum Gasteiger partial charge on any atom is -0.468 e. The van der Waals surface area contributed by atoms with Crippen molar-refractivity contribution in [3.05, 3.63) is 22.1 Å². The van der Waals surface area contributed by atoms with Crippen molar-refractivity contribution in [1.82, 2.24) is 24.5 Å². The van der Waals surface area contributed by atoms with Crippen LogP contribution < -0.4 is 11.3 Å². The van der Waals surface area contributed by atoms with E-state index in [1.165, 1.54) is 13.2 Å². The van der Waals surface area contributed by atoms with Gasteiger partial charge in [-0.2, -0.15) is 9.50 Å². The van der Waals surface area contributed by atoms with Crippen LogP contribution in [0.4, 0.5) is 5.95 Å². The van der Waals surface area contributed by atoms with Crippen molar-refractivity contribution >= 4 is 17.7 Å². The molecule has 1 aliphatic heterocycles. The number of carbonyl (C=O) groups is 1. The van der Waals surface area contributed by atoms with Gasteiger partial charge in [0.25, 0.3) is 11.3 Å². The Kier molecular flexibility index (Phi) is 3.54. The molecule has 0 amide bonds. The standard InChI is InChI=1S/C12H16N6O4/c1-22-10(21)8-3-7(19)5-17(8)4-6-2-9(20)18-12(14-6)15-11(13)16-18/h2,7-8,19H,3-5H2,1H3,(H3,13,14,15,16). The first-order chi connectivity index (χ1) is 10.5. The van der Waals surface area contributed by atoms with E-state index < -0.39 is 18.1 Å². The van der Waals surface area contributed by atoms with Crippen LogP contribution in [0, 0.1) is 0 Å². The van der Waals surface area contributed by atoms with E-state index in [-0.39, 0.29) is 23.8 Å². The summed E-state index contributed by atoms with van der Waals surface area (Å²) in [4.78, 5) is 33.6.